The Balaban J connectivity index is 1.86. The van der Waals surface area contributed by atoms with Crippen molar-refractivity contribution >= 4 is 27.4 Å². The zero-order chi connectivity index (χ0) is 21.3. The molecule has 154 valence electrons. The van der Waals surface area contributed by atoms with Gasteiger partial charge in [0.05, 0.1) is 36.1 Å². The molecule has 30 heavy (non-hydrogen) atoms. The van der Waals surface area contributed by atoms with Gasteiger partial charge in [-0.05, 0) is 44.7 Å². The van der Waals surface area contributed by atoms with E-state index < -0.39 is 0 Å². The molecular formula is C23H25N5O2. The summed E-state index contributed by atoms with van der Waals surface area (Å²) in [6, 6.07) is 6.16. The van der Waals surface area contributed by atoms with Crippen molar-refractivity contribution in [2.45, 2.75) is 12.8 Å². The van der Waals surface area contributed by atoms with Crippen LogP contribution in [-0.2, 0) is 7.05 Å². The van der Waals surface area contributed by atoms with E-state index in [4.69, 9.17) is 19.8 Å². The van der Waals surface area contributed by atoms with Gasteiger partial charge in [-0.1, -0.05) is 6.08 Å². The summed E-state index contributed by atoms with van der Waals surface area (Å²) >= 11 is 0. The Morgan fingerprint density at radius 1 is 1.20 bits per heavy atom. The Bertz CT molecular complexity index is 1210. The predicted octanol–water partition coefficient (Wildman–Crippen LogP) is 3.70. The number of pyridine rings is 1. The molecule has 0 aliphatic heterocycles. The van der Waals surface area contributed by atoms with Crippen molar-refractivity contribution in [1.29, 1.82) is 5.26 Å². The van der Waals surface area contributed by atoms with Gasteiger partial charge in [-0.3, -0.25) is 9.67 Å². The summed E-state index contributed by atoms with van der Waals surface area (Å²) in [7, 11) is 7.60. The molecule has 1 aliphatic carbocycles. The molecular weight excluding hydrogens is 378 g/mol. The van der Waals surface area contributed by atoms with E-state index in [1.165, 1.54) is 0 Å². The highest BCUT2D eigenvalue weighted by Crippen LogP contribution is 2.38. The molecule has 4 rings (SSSR count). The van der Waals surface area contributed by atoms with Crippen molar-refractivity contribution < 1.29 is 9.47 Å². The number of methoxy groups -OCH3 is 1. The molecule has 0 spiro atoms. The highest BCUT2D eigenvalue weighted by atomic mass is 16.5. The van der Waals surface area contributed by atoms with Gasteiger partial charge in [0.25, 0.3) is 0 Å². The number of aromatic nitrogens is 3. The largest absolute Gasteiger partial charge is 0.493 e. The second-order valence-electron chi connectivity index (χ2n) is 7.66. The minimum Gasteiger partial charge on any atom is -0.493 e. The summed E-state index contributed by atoms with van der Waals surface area (Å²) < 4.78 is 13.4. The van der Waals surface area contributed by atoms with Crippen LogP contribution in [-0.4, -0.2) is 54.0 Å². The number of ether oxygens (including phenoxy) is 2. The number of hydrogen-bond acceptors (Lipinski definition) is 6. The summed E-state index contributed by atoms with van der Waals surface area (Å²) in [5, 5.41) is 15.9. The fourth-order valence-corrected chi connectivity index (χ4v) is 3.70. The molecule has 2 aromatic heterocycles. The van der Waals surface area contributed by atoms with Crippen molar-refractivity contribution in [2.24, 2.45) is 7.05 Å². The number of benzene rings is 1. The molecule has 0 radical (unpaired) electrons. The van der Waals surface area contributed by atoms with Crippen LogP contribution in [0.5, 0.6) is 11.5 Å². The van der Waals surface area contributed by atoms with Crippen LogP contribution in [0.4, 0.5) is 0 Å². The maximum atomic E-state index is 9.14. The van der Waals surface area contributed by atoms with E-state index in [-0.39, 0.29) is 0 Å². The van der Waals surface area contributed by atoms with Gasteiger partial charge in [0, 0.05) is 36.0 Å². The maximum absolute atomic E-state index is 9.14. The Morgan fingerprint density at radius 2 is 2.03 bits per heavy atom. The molecule has 0 N–H and O–H groups in total. The number of aryl methyl sites for hydroxylation is 1. The molecule has 7 nitrogen and oxygen atoms in total. The lowest BCUT2D eigenvalue weighted by molar-refractivity contribution is 0.251. The first-order valence-electron chi connectivity index (χ1n) is 9.93. The van der Waals surface area contributed by atoms with Gasteiger partial charge in [0.15, 0.2) is 11.5 Å². The molecule has 0 unspecified atom stereocenters. The van der Waals surface area contributed by atoms with Crippen LogP contribution in [0.1, 0.15) is 18.5 Å². The van der Waals surface area contributed by atoms with E-state index >= 15 is 0 Å². The van der Waals surface area contributed by atoms with E-state index in [0.717, 1.165) is 58.0 Å². The van der Waals surface area contributed by atoms with Crippen LogP contribution in [0, 0.1) is 11.3 Å². The third-order valence-corrected chi connectivity index (χ3v) is 5.36. The lowest BCUT2D eigenvalue weighted by Crippen LogP contribution is -2.19. The lowest BCUT2D eigenvalue weighted by Gasteiger charge is -2.15. The third-order valence-electron chi connectivity index (χ3n) is 5.36. The fraction of sp³-hybridized carbons (Fsp3) is 0.348. The van der Waals surface area contributed by atoms with Crippen LogP contribution < -0.4 is 9.47 Å². The van der Waals surface area contributed by atoms with Gasteiger partial charge in [-0.25, -0.2) is 0 Å². The van der Waals surface area contributed by atoms with Crippen LogP contribution in [0.15, 0.2) is 36.1 Å². The molecule has 0 atom stereocenters. The Labute approximate surface area is 175 Å². The predicted molar refractivity (Wildman–Crippen MR) is 118 cm³/mol. The maximum Gasteiger partial charge on any atom is 0.163 e. The first kappa shape index (κ1) is 19.9. The normalized spacial score (nSPS) is 14.0. The molecule has 1 aliphatic rings. The SMILES string of the molecule is COc1cc2c(cc1OCCN(C)C)ncc1c2c(C2=CC=C(C#N)CC2)nn1C. The molecule has 3 aromatic rings. The molecule has 2 heterocycles. The highest BCUT2D eigenvalue weighted by molar-refractivity contribution is 6.10. The fourth-order valence-electron chi connectivity index (χ4n) is 3.70. The van der Waals surface area contributed by atoms with Gasteiger partial charge < -0.3 is 14.4 Å². The van der Waals surface area contributed by atoms with E-state index in [2.05, 4.69) is 16.0 Å². The number of allylic oxidation sites excluding steroid dienone is 4. The number of rotatable bonds is 6. The van der Waals surface area contributed by atoms with E-state index in [1.54, 1.807) is 7.11 Å². The summed E-state index contributed by atoms with van der Waals surface area (Å²) in [4.78, 5) is 6.72. The molecule has 0 fully saturated rings. The number of likely N-dealkylation sites (N-methyl/N-ethyl adjacent to an activating group) is 1. The average molecular weight is 403 g/mol. The monoisotopic (exact) mass is 403 g/mol. The quantitative estimate of drug-likeness (QED) is 0.625. The second kappa shape index (κ2) is 8.17. The van der Waals surface area contributed by atoms with Gasteiger partial charge >= 0.3 is 0 Å². The van der Waals surface area contributed by atoms with Gasteiger partial charge in [-0.2, -0.15) is 10.4 Å². The number of nitrogens with zero attached hydrogens (tertiary/aromatic N) is 5. The Hall–Kier alpha value is -3.37. The van der Waals surface area contributed by atoms with Crippen molar-refractivity contribution in [2.75, 3.05) is 34.4 Å². The van der Waals surface area contributed by atoms with E-state index in [1.807, 2.05) is 56.3 Å². The molecule has 0 amide bonds. The topological polar surface area (TPSA) is 76.2 Å². The van der Waals surface area contributed by atoms with Crippen molar-refractivity contribution in [3.05, 3.63) is 41.7 Å². The zero-order valence-corrected chi connectivity index (χ0v) is 17.8. The van der Waals surface area contributed by atoms with Crippen LogP contribution in [0.2, 0.25) is 0 Å². The minimum absolute atomic E-state index is 0.565. The summed E-state index contributed by atoms with van der Waals surface area (Å²) in [6.45, 7) is 1.38. The second-order valence-corrected chi connectivity index (χ2v) is 7.66. The van der Waals surface area contributed by atoms with E-state index in [9.17, 15) is 0 Å². The first-order valence-corrected chi connectivity index (χ1v) is 9.93. The zero-order valence-electron chi connectivity index (χ0n) is 17.8. The first-order chi connectivity index (χ1) is 14.5. The van der Waals surface area contributed by atoms with Crippen LogP contribution in [0.25, 0.3) is 27.4 Å². The van der Waals surface area contributed by atoms with Crippen molar-refractivity contribution in [1.82, 2.24) is 19.7 Å². The molecule has 0 bridgehead atoms. The number of nitriles is 1. The van der Waals surface area contributed by atoms with Crippen molar-refractivity contribution in [3.8, 4) is 17.6 Å². The Morgan fingerprint density at radius 3 is 2.70 bits per heavy atom. The summed E-state index contributed by atoms with van der Waals surface area (Å²) in [6.07, 6.45) is 7.27. The van der Waals surface area contributed by atoms with Gasteiger partial charge in [-0.15, -0.1) is 0 Å². The standard InChI is InChI=1S/C23H25N5O2/c1-27(2)9-10-30-21-12-18-17(11-20(21)29-4)22-19(14-25-18)28(3)26-23(22)16-7-5-15(13-24)6-8-16/h5,7,11-12,14H,6,8-10H2,1-4H3. The summed E-state index contributed by atoms with van der Waals surface area (Å²) in [5.74, 6) is 1.36. The minimum atomic E-state index is 0.565. The molecule has 7 heteroatoms. The van der Waals surface area contributed by atoms with Crippen LogP contribution in [0.3, 0.4) is 0 Å². The summed E-state index contributed by atoms with van der Waals surface area (Å²) in [5.41, 5.74) is 4.64. The number of hydrogen-bond donors (Lipinski definition) is 0. The number of fused-ring (bicyclic) bond motifs is 3. The molecule has 0 saturated carbocycles. The average Bonchev–Trinajstić information content (AvgIpc) is 3.10. The molecule has 1 aromatic carbocycles. The van der Waals surface area contributed by atoms with Gasteiger partial charge in [0.2, 0.25) is 0 Å². The Kier molecular flexibility index (Phi) is 5.42. The molecule has 0 saturated heterocycles. The third kappa shape index (κ3) is 3.62. The van der Waals surface area contributed by atoms with Crippen molar-refractivity contribution in [3.63, 3.8) is 0 Å². The smallest absolute Gasteiger partial charge is 0.163 e. The highest BCUT2D eigenvalue weighted by Gasteiger charge is 2.20. The van der Waals surface area contributed by atoms with Crippen LogP contribution >= 0.6 is 0 Å². The lowest BCUT2D eigenvalue weighted by atomic mass is 9.94. The van der Waals surface area contributed by atoms with E-state index in [0.29, 0.717) is 18.1 Å². The van der Waals surface area contributed by atoms with Gasteiger partial charge in [0.1, 0.15) is 6.61 Å².